The first kappa shape index (κ1) is 11.3. The van der Waals surface area contributed by atoms with Gasteiger partial charge in [-0.15, -0.1) is 0 Å². The van der Waals surface area contributed by atoms with Gasteiger partial charge in [0.2, 0.25) is 0 Å². The molecule has 0 aliphatic carbocycles. The van der Waals surface area contributed by atoms with E-state index in [1.807, 2.05) is 12.1 Å². The molecule has 0 atom stereocenters. The first-order chi connectivity index (χ1) is 7.49. The van der Waals surface area contributed by atoms with Crippen molar-refractivity contribution in [2.75, 3.05) is 30.4 Å². The normalized spacial score (nSPS) is 19.8. The van der Waals surface area contributed by atoms with Crippen LogP contribution in [0, 0.1) is 6.92 Å². The van der Waals surface area contributed by atoms with Gasteiger partial charge in [0.05, 0.1) is 18.8 Å². The summed E-state index contributed by atoms with van der Waals surface area (Å²) in [7, 11) is 0. The van der Waals surface area contributed by atoms with Crippen molar-refractivity contribution in [3.63, 3.8) is 0 Å². The maximum Gasteiger partial charge on any atom is 0.0694 e. The lowest BCUT2D eigenvalue weighted by Gasteiger charge is -2.44. The van der Waals surface area contributed by atoms with E-state index in [0.29, 0.717) is 0 Å². The van der Waals surface area contributed by atoms with Crippen LogP contribution in [-0.4, -0.2) is 25.3 Å². The highest BCUT2D eigenvalue weighted by molar-refractivity contribution is 5.59. The summed E-state index contributed by atoms with van der Waals surface area (Å²) in [6.45, 7) is 8.96. The first-order valence-corrected chi connectivity index (χ1v) is 5.72. The minimum absolute atomic E-state index is 0.0402. The van der Waals surface area contributed by atoms with Crippen molar-refractivity contribution in [3.8, 4) is 0 Å². The van der Waals surface area contributed by atoms with Gasteiger partial charge < -0.3 is 15.4 Å². The van der Waals surface area contributed by atoms with Crippen molar-refractivity contribution in [2.24, 2.45) is 0 Å². The Morgan fingerprint density at radius 3 is 2.69 bits per heavy atom. The van der Waals surface area contributed by atoms with E-state index in [4.69, 9.17) is 10.5 Å². The molecule has 0 bridgehead atoms. The number of hydrogen-bond acceptors (Lipinski definition) is 3. The topological polar surface area (TPSA) is 38.5 Å². The van der Waals surface area contributed by atoms with E-state index in [-0.39, 0.29) is 5.54 Å². The summed E-state index contributed by atoms with van der Waals surface area (Å²) in [6, 6.07) is 6.22. The zero-order valence-corrected chi connectivity index (χ0v) is 10.3. The van der Waals surface area contributed by atoms with E-state index >= 15 is 0 Å². The van der Waals surface area contributed by atoms with Crippen molar-refractivity contribution in [1.82, 2.24) is 0 Å². The number of nitrogens with zero attached hydrogens (tertiary/aromatic N) is 1. The van der Waals surface area contributed by atoms with Crippen LogP contribution < -0.4 is 10.6 Å². The summed E-state index contributed by atoms with van der Waals surface area (Å²) in [4.78, 5) is 2.37. The van der Waals surface area contributed by atoms with Crippen LogP contribution in [0.3, 0.4) is 0 Å². The molecule has 1 aromatic rings. The number of morpholine rings is 1. The molecule has 1 aromatic carbocycles. The van der Waals surface area contributed by atoms with Crippen molar-refractivity contribution >= 4 is 11.4 Å². The van der Waals surface area contributed by atoms with Crippen molar-refractivity contribution < 1.29 is 4.74 Å². The van der Waals surface area contributed by atoms with Gasteiger partial charge in [0.15, 0.2) is 0 Å². The third kappa shape index (κ3) is 2.14. The largest absolute Gasteiger partial charge is 0.399 e. The number of nitrogen functional groups attached to an aromatic ring is 1. The van der Waals surface area contributed by atoms with Gasteiger partial charge in [0.25, 0.3) is 0 Å². The number of ether oxygens (including phenoxy) is 1. The van der Waals surface area contributed by atoms with Gasteiger partial charge in [0, 0.05) is 17.9 Å². The second kappa shape index (κ2) is 3.98. The lowest BCUT2D eigenvalue weighted by atomic mass is 10.0. The third-order valence-electron chi connectivity index (χ3n) is 3.04. The number of anilines is 2. The van der Waals surface area contributed by atoms with Crippen LogP contribution in [-0.2, 0) is 4.74 Å². The number of rotatable bonds is 1. The average molecular weight is 220 g/mol. The fraction of sp³-hybridized carbons (Fsp3) is 0.538. The molecule has 1 heterocycles. The highest BCUT2D eigenvalue weighted by Crippen LogP contribution is 2.29. The Hall–Kier alpha value is -1.22. The fourth-order valence-electron chi connectivity index (χ4n) is 2.28. The van der Waals surface area contributed by atoms with E-state index in [0.717, 1.165) is 25.4 Å². The first-order valence-electron chi connectivity index (χ1n) is 5.72. The quantitative estimate of drug-likeness (QED) is 0.737. The van der Waals surface area contributed by atoms with Crippen LogP contribution >= 0.6 is 0 Å². The molecule has 0 saturated carbocycles. The molecule has 0 amide bonds. The van der Waals surface area contributed by atoms with Crippen molar-refractivity contribution in [2.45, 2.75) is 26.3 Å². The molecular weight excluding hydrogens is 200 g/mol. The van der Waals surface area contributed by atoms with Crippen LogP contribution in [0.1, 0.15) is 19.4 Å². The van der Waals surface area contributed by atoms with Crippen LogP contribution in [0.15, 0.2) is 18.2 Å². The number of benzene rings is 1. The summed E-state index contributed by atoms with van der Waals surface area (Å²) in [5.41, 5.74) is 9.17. The Kier molecular flexibility index (Phi) is 2.80. The molecular formula is C13H20N2O. The van der Waals surface area contributed by atoms with Crippen LogP contribution in [0.2, 0.25) is 0 Å². The second-order valence-corrected chi connectivity index (χ2v) is 5.12. The SMILES string of the molecule is Cc1cc(N)cc(N2CCOCC2(C)C)c1. The standard InChI is InChI=1S/C13H20N2O/c1-10-6-11(14)8-12(7-10)15-4-5-16-9-13(15,2)3/h6-8H,4-5,9,14H2,1-3H3. The van der Waals surface area contributed by atoms with Gasteiger partial charge in [-0.2, -0.15) is 0 Å². The maximum absolute atomic E-state index is 5.90. The number of hydrogen-bond donors (Lipinski definition) is 1. The Balaban J connectivity index is 2.34. The smallest absolute Gasteiger partial charge is 0.0694 e. The minimum atomic E-state index is 0.0402. The summed E-state index contributed by atoms with van der Waals surface area (Å²) in [5, 5.41) is 0. The molecule has 0 unspecified atom stereocenters. The predicted octanol–water partition coefficient (Wildman–Crippen LogP) is 2.19. The summed E-state index contributed by atoms with van der Waals surface area (Å²) >= 11 is 0. The van der Waals surface area contributed by atoms with E-state index in [1.54, 1.807) is 0 Å². The van der Waals surface area contributed by atoms with Gasteiger partial charge >= 0.3 is 0 Å². The summed E-state index contributed by atoms with van der Waals surface area (Å²) in [5.74, 6) is 0. The van der Waals surface area contributed by atoms with E-state index < -0.39 is 0 Å². The zero-order chi connectivity index (χ0) is 11.8. The average Bonchev–Trinajstić information content (AvgIpc) is 2.15. The third-order valence-corrected chi connectivity index (χ3v) is 3.04. The molecule has 3 heteroatoms. The number of aryl methyl sites for hydroxylation is 1. The summed E-state index contributed by atoms with van der Waals surface area (Å²) < 4.78 is 5.52. The molecule has 0 spiro atoms. The van der Waals surface area contributed by atoms with Crippen LogP contribution in [0.4, 0.5) is 11.4 Å². The van der Waals surface area contributed by atoms with E-state index in [9.17, 15) is 0 Å². The molecule has 0 aromatic heterocycles. The molecule has 16 heavy (non-hydrogen) atoms. The molecule has 1 saturated heterocycles. The van der Waals surface area contributed by atoms with E-state index in [2.05, 4.69) is 31.7 Å². The van der Waals surface area contributed by atoms with Crippen molar-refractivity contribution in [3.05, 3.63) is 23.8 Å². The molecule has 1 aliphatic rings. The molecule has 3 nitrogen and oxygen atoms in total. The van der Waals surface area contributed by atoms with Gasteiger partial charge in [0.1, 0.15) is 0 Å². The predicted molar refractivity (Wildman–Crippen MR) is 67.8 cm³/mol. The minimum Gasteiger partial charge on any atom is -0.399 e. The Labute approximate surface area is 97.2 Å². The Morgan fingerprint density at radius 2 is 2.06 bits per heavy atom. The summed E-state index contributed by atoms with van der Waals surface area (Å²) in [6.07, 6.45) is 0. The maximum atomic E-state index is 5.90. The lowest BCUT2D eigenvalue weighted by molar-refractivity contribution is 0.0644. The van der Waals surface area contributed by atoms with E-state index in [1.165, 1.54) is 11.3 Å². The molecule has 2 rings (SSSR count). The molecule has 2 N–H and O–H groups in total. The Morgan fingerprint density at radius 1 is 1.31 bits per heavy atom. The van der Waals surface area contributed by atoms with Gasteiger partial charge in [-0.05, 0) is 44.5 Å². The van der Waals surface area contributed by atoms with Gasteiger partial charge in [-0.25, -0.2) is 0 Å². The van der Waals surface area contributed by atoms with Crippen LogP contribution in [0.25, 0.3) is 0 Å². The number of nitrogens with two attached hydrogens (primary N) is 1. The molecule has 0 radical (unpaired) electrons. The van der Waals surface area contributed by atoms with Gasteiger partial charge in [-0.3, -0.25) is 0 Å². The van der Waals surface area contributed by atoms with Crippen LogP contribution in [0.5, 0.6) is 0 Å². The molecule has 1 fully saturated rings. The molecule has 88 valence electrons. The zero-order valence-electron chi connectivity index (χ0n) is 10.3. The molecule has 1 aliphatic heterocycles. The fourth-order valence-corrected chi connectivity index (χ4v) is 2.28. The highest BCUT2D eigenvalue weighted by Gasteiger charge is 2.30. The second-order valence-electron chi connectivity index (χ2n) is 5.12. The Bertz CT molecular complexity index is 367. The lowest BCUT2D eigenvalue weighted by Crippen LogP contribution is -2.53. The van der Waals surface area contributed by atoms with Crippen molar-refractivity contribution in [1.29, 1.82) is 0 Å². The highest BCUT2D eigenvalue weighted by atomic mass is 16.5. The van der Waals surface area contributed by atoms with Gasteiger partial charge in [-0.1, -0.05) is 0 Å². The monoisotopic (exact) mass is 220 g/mol.